The number of ether oxygens (including phenoxy) is 1. The van der Waals surface area contributed by atoms with Crippen LogP contribution in [0, 0.1) is 0 Å². The Labute approximate surface area is 88.9 Å². The molecule has 1 aromatic carbocycles. The van der Waals surface area contributed by atoms with Crippen LogP contribution in [-0.2, 0) is 4.74 Å². The third kappa shape index (κ3) is 3.81. The van der Waals surface area contributed by atoms with Gasteiger partial charge in [-0.25, -0.2) is 10.2 Å². The van der Waals surface area contributed by atoms with Crippen molar-refractivity contribution in [1.29, 1.82) is 0 Å². The van der Waals surface area contributed by atoms with E-state index >= 15 is 0 Å². The first-order valence-electron chi connectivity index (χ1n) is 4.66. The van der Waals surface area contributed by atoms with Crippen LogP contribution in [0.15, 0.2) is 35.4 Å². The maximum Gasteiger partial charge on any atom is 0.427 e. The highest BCUT2D eigenvalue weighted by Crippen LogP contribution is 2.11. The molecule has 1 atom stereocenters. The summed E-state index contributed by atoms with van der Waals surface area (Å²) >= 11 is 0. The second-order valence-electron chi connectivity index (χ2n) is 3.08. The summed E-state index contributed by atoms with van der Waals surface area (Å²) in [4.78, 5) is 10.7. The summed E-state index contributed by atoms with van der Waals surface area (Å²) in [5.41, 5.74) is 3.39. The Kier molecular flexibility index (Phi) is 4.34. The molecule has 0 saturated heterocycles. The van der Waals surface area contributed by atoms with Gasteiger partial charge in [-0.2, -0.15) is 5.10 Å². The molecule has 0 saturated carbocycles. The van der Waals surface area contributed by atoms with E-state index in [0.717, 1.165) is 5.56 Å². The van der Waals surface area contributed by atoms with Crippen LogP contribution in [0.5, 0.6) is 0 Å². The van der Waals surface area contributed by atoms with Gasteiger partial charge in [-0.3, -0.25) is 0 Å². The SMILES string of the molecule is COC(=O)N/N=C/C(C)c1ccccc1. The van der Waals surface area contributed by atoms with Crippen LogP contribution in [0.4, 0.5) is 4.79 Å². The number of hydrazone groups is 1. The van der Waals surface area contributed by atoms with E-state index in [1.165, 1.54) is 7.11 Å². The maximum absolute atomic E-state index is 10.7. The van der Waals surface area contributed by atoms with E-state index in [1.807, 2.05) is 37.3 Å². The fourth-order valence-corrected chi connectivity index (χ4v) is 1.09. The number of hydrogen-bond donors (Lipinski definition) is 1. The molecule has 1 aromatic rings. The molecule has 0 radical (unpaired) electrons. The number of methoxy groups -OCH3 is 1. The zero-order chi connectivity index (χ0) is 11.1. The van der Waals surface area contributed by atoms with Gasteiger partial charge in [0.25, 0.3) is 0 Å². The van der Waals surface area contributed by atoms with Gasteiger partial charge < -0.3 is 4.74 Å². The molecule has 15 heavy (non-hydrogen) atoms. The minimum absolute atomic E-state index is 0.156. The first-order chi connectivity index (χ1) is 7.24. The van der Waals surface area contributed by atoms with Gasteiger partial charge in [-0.05, 0) is 5.56 Å². The normalized spacial score (nSPS) is 12.4. The van der Waals surface area contributed by atoms with Crippen molar-refractivity contribution in [1.82, 2.24) is 5.43 Å². The molecule has 0 aromatic heterocycles. The molecule has 1 amide bonds. The van der Waals surface area contributed by atoms with Gasteiger partial charge in [0.05, 0.1) is 7.11 Å². The van der Waals surface area contributed by atoms with Gasteiger partial charge in [0.1, 0.15) is 0 Å². The summed E-state index contributed by atoms with van der Waals surface area (Å²) in [6.45, 7) is 2.00. The van der Waals surface area contributed by atoms with Crippen LogP contribution in [0.1, 0.15) is 18.4 Å². The standard InChI is InChI=1S/C11H14N2O2/c1-9(8-12-13-11(14)15-2)10-6-4-3-5-7-10/h3-9H,1-2H3,(H,13,14)/b12-8+. The fourth-order valence-electron chi connectivity index (χ4n) is 1.09. The van der Waals surface area contributed by atoms with E-state index in [2.05, 4.69) is 15.3 Å². The summed E-state index contributed by atoms with van der Waals surface area (Å²) in [6, 6.07) is 9.91. The minimum atomic E-state index is -0.563. The number of rotatable bonds is 3. The average molecular weight is 206 g/mol. The van der Waals surface area contributed by atoms with Crippen molar-refractivity contribution in [2.45, 2.75) is 12.8 Å². The molecule has 80 valence electrons. The number of nitrogens with zero attached hydrogens (tertiary/aromatic N) is 1. The van der Waals surface area contributed by atoms with Crippen LogP contribution in [0.3, 0.4) is 0 Å². The zero-order valence-electron chi connectivity index (χ0n) is 8.81. The molecule has 1 rings (SSSR count). The topological polar surface area (TPSA) is 50.7 Å². The second kappa shape index (κ2) is 5.80. The molecule has 1 unspecified atom stereocenters. The number of nitrogens with one attached hydrogen (secondary N) is 1. The molecule has 0 aliphatic heterocycles. The van der Waals surface area contributed by atoms with Gasteiger partial charge in [0.15, 0.2) is 0 Å². The highest BCUT2D eigenvalue weighted by Gasteiger charge is 2.00. The Morgan fingerprint density at radius 3 is 2.73 bits per heavy atom. The van der Waals surface area contributed by atoms with Crippen molar-refractivity contribution >= 4 is 12.3 Å². The van der Waals surface area contributed by atoms with E-state index in [1.54, 1.807) is 6.21 Å². The smallest absolute Gasteiger partial charge is 0.427 e. The van der Waals surface area contributed by atoms with Crippen LogP contribution < -0.4 is 5.43 Å². The maximum atomic E-state index is 10.7. The van der Waals surface area contributed by atoms with Gasteiger partial charge in [0, 0.05) is 12.1 Å². The first-order valence-corrected chi connectivity index (χ1v) is 4.66. The lowest BCUT2D eigenvalue weighted by Gasteiger charge is -2.04. The fraction of sp³-hybridized carbons (Fsp3) is 0.273. The van der Waals surface area contributed by atoms with Gasteiger partial charge in [-0.15, -0.1) is 0 Å². The quantitative estimate of drug-likeness (QED) is 0.608. The lowest BCUT2D eigenvalue weighted by atomic mass is 10.0. The Morgan fingerprint density at radius 1 is 1.47 bits per heavy atom. The number of benzene rings is 1. The number of amides is 1. The molecule has 0 fully saturated rings. The predicted molar refractivity (Wildman–Crippen MR) is 58.9 cm³/mol. The Balaban J connectivity index is 2.49. The second-order valence-corrected chi connectivity index (χ2v) is 3.08. The van der Waals surface area contributed by atoms with Crippen molar-refractivity contribution in [3.63, 3.8) is 0 Å². The molecule has 4 heteroatoms. The first kappa shape index (κ1) is 11.2. The van der Waals surface area contributed by atoms with Crippen molar-refractivity contribution < 1.29 is 9.53 Å². The molecule has 1 N–H and O–H groups in total. The number of carbonyl (C=O) groups is 1. The van der Waals surface area contributed by atoms with Crippen molar-refractivity contribution in [3.8, 4) is 0 Å². The van der Waals surface area contributed by atoms with Crippen LogP contribution >= 0.6 is 0 Å². The van der Waals surface area contributed by atoms with E-state index in [0.29, 0.717) is 0 Å². The van der Waals surface area contributed by atoms with Crippen molar-refractivity contribution in [2.75, 3.05) is 7.11 Å². The molecule has 0 spiro atoms. The van der Waals surface area contributed by atoms with Crippen LogP contribution in [0.2, 0.25) is 0 Å². The van der Waals surface area contributed by atoms with E-state index in [4.69, 9.17) is 0 Å². The molecular formula is C11H14N2O2. The Hall–Kier alpha value is -1.84. The highest BCUT2D eigenvalue weighted by atomic mass is 16.5. The Bertz CT molecular complexity index is 336. The molecule has 4 nitrogen and oxygen atoms in total. The van der Waals surface area contributed by atoms with Gasteiger partial charge in [-0.1, -0.05) is 37.3 Å². The molecular weight excluding hydrogens is 192 g/mol. The average Bonchev–Trinajstić information content (AvgIpc) is 2.29. The third-order valence-electron chi connectivity index (χ3n) is 1.96. The number of hydrogen-bond acceptors (Lipinski definition) is 3. The van der Waals surface area contributed by atoms with Crippen molar-refractivity contribution in [3.05, 3.63) is 35.9 Å². The van der Waals surface area contributed by atoms with E-state index < -0.39 is 6.09 Å². The zero-order valence-corrected chi connectivity index (χ0v) is 8.81. The summed E-state index contributed by atoms with van der Waals surface area (Å²) in [5, 5.41) is 3.77. The monoisotopic (exact) mass is 206 g/mol. The molecule has 0 heterocycles. The van der Waals surface area contributed by atoms with E-state index in [-0.39, 0.29) is 5.92 Å². The minimum Gasteiger partial charge on any atom is -0.452 e. The van der Waals surface area contributed by atoms with E-state index in [9.17, 15) is 4.79 Å². The summed E-state index contributed by atoms with van der Waals surface area (Å²) in [6.07, 6.45) is 1.10. The van der Waals surface area contributed by atoms with Crippen LogP contribution in [-0.4, -0.2) is 19.4 Å². The Morgan fingerprint density at radius 2 is 2.13 bits per heavy atom. The highest BCUT2D eigenvalue weighted by molar-refractivity contribution is 5.71. The largest absolute Gasteiger partial charge is 0.452 e. The lowest BCUT2D eigenvalue weighted by molar-refractivity contribution is 0.171. The summed E-state index contributed by atoms with van der Waals surface area (Å²) in [7, 11) is 1.30. The van der Waals surface area contributed by atoms with Gasteiger partial charge >= 0.3 is 6.09 Å². The summed E-state index contributed by atoms with van der Waals surface area (Å²) in [5.74, 6) is 0.156. The molecule has 0 bridgehead atoms. The third-order valence-corrected chi connectivity index (χ3v) is 1.96. The van der Waals surface area contributed by atoms with Crippen molar-refractivity contribution in [2.24, 2.45) is 5.10 Å². The van der Waals surface area contributed by atoms with Gasteiger partial charge in [0.2, 0.25) is 0 Å². The van der Waals surface area contributed by atoms with Crippen LogP contribution in [0.25, 0.3) is 0 Å². The number of carbonyl (C=O) groups excluding carboxylic acids is 1. The predicted octanol–water partition coefficient (Wildman–Crippen LogP) is 2.13. The molecule has 0 aliphatic carbocycles. The molecule has 0 aliphatic rings. The lowest BCUT2D eigenvalue weighted by Crippen LogP contribution is -2.17. The summed E-state index contributed by atoms with van der Waals surface area (Å²) < 4.78 is 4.37.